The molecule has 1 amide bonds. The number of anilines is 1. The molecule has 18 heavy (non-hydrogen) atoms. The van der Waals surface area contributed by atoms with E-state index in [2.05, 4.69) is 12.2 Å². The Kier molecular flexibility index (Phi) is 3.45. The van der Waals surface area contributed by atoms with Gasteiger partial charge in [-0.3, -0.25) is 4.79 Å². The Morgan fingerprint density at radius 3 is 2.72 bits per heavy atom. The average Bonchev–Trinajstić information content (AvgIpc) is 2.33. The molecule has 0 heterocycles. The Hall–Kier alpha value is -1.71. The number of amides is 1. The van der Waals surface area contributed by atoms with E-state index in [1.54, 1.807) is 25.3 Å². The maximum Gasteiger partial charge on any atom is 0.253 e. The molecule has 1 aliphatic rings. The zero-order valence-electron chi connectivity index (χ0n) is 11.0. The summed E-state index contributed by atoms with van der Waals surface area (Å²) in [6.45, 7) is 2.92. The van der Waals surface area contributed by atoms with E-state index in [1.807, 2.05) is 0 Å². The lowest BCUT2D eigenvalue weighted by Crippen LogP contribution is -2.40. The number of nitrogen functional groups attached to an aromatic ring is 1. The van der Waals surface area contributed by atoms with Gasteiger partial charge in [0.1, 0.15) is 5.75 Å². The van der Waals surface area contributed by atoms with Crippen molar-refractivity contribution in [3.05, 3.63) is 23.8 Å². The highest BCUT2D eigenvalue weighted by atomic mass is 16.5. The maximum atomic E-state index is 12.0. The molecule has 4 heteroatoms. The first-order chi connectivity index (χ1) is 8.54. The van der Waals surface area contributed by atoms with Gasteiger partial charge in [-0.2, -0.15) is 0 Å². The molecule has 0 bridgehead atoms. The third kappa shape index (κ3) is 2.58. The normalized spacial score (nSPS) is 16.8. The minimum Gasteiger partial charge on any atom is -0.497 e. The van der Waals surface area contributed by atoms with E-state index in [9.17, 15) is 4.79 Å². The maximum absolute atomic E-state index is 12.0. The van der Waals surface area contributed by atoms with Crippen LogP contribution in [0.4, 0.5) is 5.69 Å². The quantitative estimate of drug-likeness (QED) is 0.803. The first-order valence-corrected chi connectivity index (χ1v) is 6.26. The zero-order chi connectivity index (χ0) is 13.2. The van der Waals surface area contributed by atoms with Crippen LogP contribution in [0.15, 0.2) is 18.2 Å². The molecule has 1 fully saturated rings. The number of methoxy groups -OCH3 is 1. The number of ether oxygens (including phenoxy) is 1. The molecular weight excluding hydrogens is 228 g/mol. The van der Waals surface area contributed by atoms with E-state index in [1.165, 1.54) is 19.3 Å². The van der Waals surface area contributed by atoms with Gasteiger partial charge in [-0.25, -0.2) is 0 Å². The molecule has 3 N–H and O–H groups in total. The molecule has 98 valence electrons. The molecule has 0 radical (unpaired) electrons. The summed E-state index contributed by atoms with van der Waals surface area (Å²) < 4.78 is 5.06. The number of carbonyl (C=O) groups excluding carboxylic acids is 1. The fourth-order valence-corrected chi connectivity index (χ4v) is 2.22. The van der Waals surface area contributed by atoms with Crippen LogP contribution in [-0.4, -0.2) is 19.6 Å². The van der Waals surface area contributed by atoms with Gasteiger partial charge in [0, 0.05) is 18.3 Å². The number of nitrogens with one attached hydrogen (secondary N) is 1. The summed E-state index contributed by atoms with van der Waals surface area (Å²) in [6, 6.07) is 5.11. The number of benzene rings is 1. The van der Waals surface area contributed by atoms with E-state index in [0.29, 0.717) is 17.0 Å². The van der Waals surface area contributed by atoms with Gasteiger partial charge >= 0.3 is 0 Å². The smallest absolute Gasteiger partial charge is 0.253 e. The van der Waals surface area contributed by atoms with Crippen LogP contribution in [0.1, 0.15) is 36.5 Å². The van der Waals surface area contributed by atoms with E-state index >= 15 is 0 Å². The third-order valence-electron chi connectivity index (χ3n) is 3.74. The van der Waals surface area contributed by atoms with Crippen LogP contribution in [-0.2, 0) is 0 Å². The molecule has 0 saturated heterocycles. The first kappa shape index (κ1) is 12.7. The fraction of sp³-hybridized carbons (Fsp3) is 0.500. The summed E-state index contributed by atoms with van der Waals surface area (Å²) in [5.74, 6) is 0.554. The van der Waals surface area contributed by atoms with Crippen molar-refractivity contribution in [2.75, 3.05) is 19.4 Å². The second-order valence-corrected chi connectivity index (χ2v) is 5.30. The average molecular weight is 248 g/mol. The SMILES string of the molecule is COc1ccc(C(=O)NCC2(C)CCC2)c(N)c1. The number of nitrogens with two attached hydrogens (primary N) is 1. The molecule has 1 aromatic carbocycles. The van der Waals surface area contributed by atoms with Crippen molar-refractivity contribution < 1.29 is 9.53 Å². The standard InChI is InChI=1S/C14H20N2O2/c1-14(6-3-7-14)9-16-13(17)11-5-4-10(18-2)8-12(11)15/h4-5,8H,3,6-7,9,15H2,1-2H3,(H,16,17). The van der Waals surface area contributed by atoms with Crippen LogP contribution in [0.2, 0.25) is 0 Å². The van der Waals surface area contributed by atoms with Crippen LogP contribution < -0.4 is 15.8 Å². The van der Waals surface area contributed by atoms with E-state index in [0.717, 1.165) is 6.54 Å². The van der Waals surface area contributed by atoms with Crippen molar-refractivity contribution in [1.82, 2.24) is 5.32 Å². The summed E-state index contributed by atoms with van der Waals surface area (Å²) in [5.41, 5.74) is 7.08. The lowest BCUT2D eigenvalue weighted by atomic mass is 9.70. The molecule has 1 aromatic rings. The Morgan fingerprint density at radius 2 is 2.22 bits per heavy atom. The Bertz CT molecular complexity index is 453. The molecule has 1 aliphatic carbocycles. The minimum absolute atomic E-state index is 0.108. The molecule has 0 aliphatic heterocycles. The highest BCUT2D eigenvalue weighted by Gasteiger charge is 2.32. The van der Waals surface area contributed by atoms with Gasteiger partial charge in [-0.05, 0) is 30.4 Å². The summed E-state index contributed by atoms with van der Waals surface area (Å²) >= 11 is 0. The third-order valence-corrected chi connectivity index (χ3v) is 3.74. The second-order valence-electron chi connectivity index (χ2n) is 5.30. The minimum atomic E-state index is -0.108. The van der Waals surface area contributed by atoms with Crippen LogP contribution in [0.5, 0.6) is 5.75 Å². The monoisotopic (exact) mass is 248 g/mol. The van der Waals surface area contributed by atoms with Crippen molar-refractivity contribution in [2.24, 2.45) is 5.41 Å². The van der Waals surface area contributed by atoms with Crippen molar-refractivity contribution in [3.8, 4) is 5.75 Å². The van der Waals surface area contributed by atoms with Gasteiger partial charge in [0.25, 0.3) is 5.91 Å². The largest absolute Gasteiger partial charge is 0.497 e. The predicted octanol–water partition coefficient (Wildman–Crippen LogP) is 2.20. The molecule has 1 saturated carbocycles. The van der Waals surface area contributed by atoms with Crippen molar-refractivity contribution in [2.45, 2.75) is 26.2 Å². The van der Waals surface area contributed by atoms with Gasteiger partial charge in [-0.1, -0.05) is 13.3 Å². The number of hydrogen-bond donors (Lipinski definition) is 2. The van der Waals surface area contributed by atoms with Crippen LogP contribution in [0.3, 0.4) is 0 Å². The number of carbonyl (C=O) groups is 1. The van der Waals surface area contributed by atoms with Gasteiger partial charge in [0.15, 0.2) is 0 Å². The number of hydrogen-bond acceptors (Lipinski definition) is 3. The van der Waals surface area contributed by atoms with E-state index in [-0.39, 0.29) is 11.3 Å². The van der Waals surface area contributed by atoms with Gasteiger partial charge in [0.2, 0.25) is 0 Å². The van der Waals surface area contributed by atoms with Crippen LogP contribution >= 0.6 is 0 Å². The highest BCUT2D eigenvalue weighted by molar-refractivity contribution is 5.99. The molecular formula is C14H20N2O2. The number of rotatable bonds is 4. The fourth-order valence-electron chi connectivity index (χ4n) is 2.22. The molecule has 2 rings (SSSR count). The summed E-state index contributed by atoms with van der Waals surface area (Å²) in [7, 11) is 1.58. The Labute approximate surface area is 108 Å². The second kappa shape index (κ2) is 4.88. The van der Waals surface area contributed by atoms with Crippen molar-refractivity contribution in [1.29, 1.82) is 0 Å². The lowest BCUT2D eigenvalue weighted by molar-refractivity contribution is 0.0891. The summed E-state index contributed by atoms with van der Waals surface area (Å²) in [5, 5.41) is 2.96. The van der Waals surface area contributed by atoms with Gasteiger partial charge in [0.05, 0.1) is 12.7 Å². The van der Waals surface area contributed by atoms with Gasteiger partial charge < -0.3 is 15.8 Å². The van der Waals surface area contributed by atoms with Gasteiger partial charge in [-0.15, -0.1) is 0 Å². The summed E-state index contributed by atoms with van der Waals surface area (Å²) in [4.78, 5) is 12.0. The topological polar surface area (TPSA) is 64.3 Å². The Morgan fingerprint density at radius 1 is 1.50 bits per heavy atom. The molecule has 0 aromatic heterocycles. The zero-order valence-corrected chi connectivity index (χ0v) is 11.0. The molecule has 0 spiro atoms. The summed E-state index contributed by atoms with van der Waals surface area (Å²) in [6.07, 6.45) is 3.63. The first-order valence-electron chi connectivity index (χ1n) is 6.26. The van der Waals surface area contributed by atoms with Crippen molar-refractivity contribution in [3.63, 3.8) is 0 Å². The van der Waals surface area contributed by atoms with E-state index in [4.69, 9.17) is 10.5 Å². The molecule has 4 nitrogen and oxygen atoms in total. The molecule has 0 atom stereocenters. The lowest BCUT2D eigenvalue weighted by Gasteiger charge is -2.38. The van der Waals surface area contributed by atoms with E-state index < -0.39 is 0 Å². The Balaban J connectivity index is 2.00. The van der Waals surface area contributed by atoms with Crippen molar-refractivity contribution >= 4 is 11.6 Å². The van der Waals surface area contributed by atoms with Crippen LogP contribution in [0, 0.1) is 5.41 Å². The van der Waals surface area contributed by atoms with Crippen LogP contribution in [0.25, 0.3) is 0 Å². The highest BCUT2D eigenvalue weighted by Crippen LogP contribution is 2.39. The molecule has 0 unspecified atom stereocenters. The predicted molar refractivity (Wildman–Crippen MR) is 71.7 cm³/mol.